The van der Waals surface area contributed by atoms with E-state index in [1.54, 1.807) is 12.4 Å². The zero-order chi connectivity index (χ0) is 9.10. The number of hydrogen-bond acceptors (Lipinski definition) is 4. The summed E-state index contributed by atoms with van der Waals surface area (Å²) < 4.78 is 0. The molecule has 1 aliphatic heterocycles. The molecule has 0 bridgehead atoms. The molecule has 4 heteroatoms. The van der Waals surface area contributed by atoms with Crippen LogP contribution in [0.1, 0.15) is 12.0 Å². The minimum Gasteiger partial charge on any atom is -0.376 e. The van der Waals surface area contributed by atoms with Gasteiger partial charge in [0.05, 0.1) is 5.71 Å². The molecule has 4 nitrogen and oxygen atoms in total. The van der Waals surface area contributed by atoms with Crippen LogP contribution in [0.15, 0.2) is 29.7 Å². The number of pyridine rings is 1. The highest BCUT2D eigenvalue weighted by molar-refractivity contribution is 6.01. The number of oxime groups is 1. The molecule has 0 unspecified atom stereocenters. The summed E-state index contributed by atoms with van der Waals surface area (Å²) in [7, 11) is 0. The molecule has 1 aromatic heterocycles. The summed E-state index contributed by atoms with van der Waals surface area (Å²) in [5, 5.41) is 12.4. The van der Waals surface area contributed by atoms with E-state index in [4.69, 9.17) is 10.1 Å². The van der Waals surface area contributed by atoms with Gasteiger partial charge in [-0.25, -0.2) is 0 Å². The SMILES string of the molecule is N#C[C@H]1CC(c2cccnc2)=NO1. The Labute approximate surface area is 75.5 Å². The van der Waals surface area contributed by atoms with Crippen LogP contribution in [0.2, 0.25) is 0 Å². The topological polar surface area (TPSA) is 58.3 Å². The Kier molecular flexibility index (Phi) is 1.93. The van der Waals surface area contributed by atoms with Crippen molar-refractivity contribution in [2.24, 2.45) is 5.16 Å². The van der Waals surface area contributed by atoms with E-state index in [-0.39, 0.29) is 0 Å². The van der Waals surface area contributed by atoms with Crippen molar-refractivity contribution in [2.45, 2.75) is 12.5 Å². The second-order valence-electron chi connectivity index (χ2n) is 2.71. The largest absolute Gasteiger partial charge is 0.376 e. The van der Waals surface area contributed by atoms with Crippen molar-refractivity contribution in [3.63, 3.8) is 0 Å². The summed E-state index contributed by atoms with van der Waals surface area (Å²) in [5.41, 5.74) is 1.71. The lowest BCUT2D eigenvalue weighted by molar-refractivity contribution is 0.125. The number of hydrogen-bond donors (Lipinski definition) is 0. The van der Waals surface area contributed by atoms with Gasteiger partial charge in [0, 0.05) is 24.4 Å². The Morgan fingerprint density at radius 1 is 1.62 bits per heavy atom. The molecule has 0 radical (unpaired) electrons. The van der Waals surface area contributed by atoms with Gasteiger partial charge in [0.25, 0.3) is 0 Å². The van der Waals surface area contributed by atoms with Crippen molar-refractivity contribution in [2.75, 3.05) is 0 Å². The number of rotatable bonds is 1. The Morgan fingerprint density at radius 2 is 2.54 bits per heavy atom. The Balaban J connectivity index is 2.18. The first kappa shape index (κ1) is 7.74. The highest BCUT2D eigenvalue weighted by atomic mass is 16.6. The molecular weight excluding hydrogens is 166 g/mol. The first-order chi connectivity index (χ1) is 6.40. The summed E-state index contributed by atoms with van der Waals surface area (Å²) in [6.45, 7) is 0. The number of aromatic nitrogens is 1. The van der Waals surface area contributed by atoms with Gasteiger partial charge in [-0.3, -0.25) is 4.98 Å². The summed E-state index contributed by atoms with van der Waals surface area (Å²) in [6, 6.07) is 5.74. The molecule has 1 aromatic rings. The van der Waals surface area contributed by atoms with Gasteiger partial charge in [0.2, 0.25) is 6.10 Å². The standard InChI is InChI=1S/C9H7N3O/c10-5-8-4-9(12-13-8)7-2-1-3-11-6-7/h1-3,6,8H,4H2/t8-/m1/s1. The van der Waals surface area contributed by atoms with Crippen molar-refractivity contribution in [1.29, 1.82) is 5.26 Å². The number of nitrogens with zero attached hydrogens (tertiary/aromatic N) is 3. The van der Waals surface area contributed by atoms with Gasteiger partial charge in [0.15, 0.2) is 0 Å². The van der Waals surface area contributed by atoms with Crippen molar-refractivity contribution in [1.82, 2.24) is 4.98 Å². The normalized spacial score (nSPS) is 20.2. The molecule has 0 saturated heterocycles. The van der Waals surface area contributed by atoms with Crippen LogP contribution < -0.4 is 0 Å². The molecule has 2 rings (SSSR count). The summed E-state index contributed by atoms with van der Waals surface area (Å²) in [5.74, 6) is 0. The first-order valence-electron chi connectivity index (χ1n) is 3.93. The van der Waals surface area contributed by atoms with Crippen molar-refractivity contribution in [3.05, 3.63) is 30.1 Å². The second kappa shape index (κ2) is 3.23. The summed E-state index contributed by atoms with van der Waals surface area (Å²) in [6.07, 6.45) is 3.52. The van der Waals surface area contributed by atoms with E-state index in [0.29, 0.717) is 6.42 Å². The lowest BCUT2D eigenvalue weighted by atomic mass is 10.1. The van der Waals surface area contributed by atoms with Gasteiger partial charge < -0.3 is 4.84 Å². The van der Waals surface area contributed by atoms with Crippen LogP contribution in [-0.4, -0.2) is 16.8 Å². The predicted molar refractivity (Wildman–Crippen MR) is 45.9 cm³/mol. The monoisotopic (exact) mass is 173 g/mol. The fourth-order valence-electron chi connectivity index (χ4n) is 1.15. The minimum atomic E-state index is -0.435. The van der Waals surface area contributed by atoms with Crippen LogP contribution in [0.25, 0.3) is 0 Å². The Morgan fingerprint density at radius 3 is 3.15 bits per heavy atom. The third-order valence-electron chi connectivity index (χ3n) is 1.81. The van der Waals surface area contributed by atoms with Crippen LogP contribution in [0.3, 0.4) is 0 Å². The van der Waals surface area contributed by atoms with E-state index < -0.39 is 6.10 Å². The van der Waals surface area contributed by atoms with Gasteiger partial charge in [-0.1, -0.05) is 5.16 Å². The fraction of sp³-hybridized carbons (Fsp3) is 0.222. The van der Waals surface area contributed by atoms with E-state index >= 15 is 0 Å². The molecule has 0 fully saturated rings. The average molecular weight is 173 g/mol. The van der Waals surface area contributed by atoms with Crippen molar-refractivity contribution >= 4 is 5.71 Å². The van der Waals surface area contributed by atoms with E-state index in [0.717, 1.165) is 11.3 Å². The van der Waals surface area contributed by atoms with Gasteiger partial charge in [-0.05, 0) is 12.1 Å². The van der Waals surface area contributed by atoms with E-state index in [2.05, 4.69) is 10.1 Å². The molecule has 64 valence electrons. The zero-order valence-corrected chi connectivity index (χ0v) is 6.84. The van der Waals surface area contributed by atoms with Crippen LogP contribution in [0.4, 0.5) is 0 Å². The van der Waals surface area contributed by atoms with E-state index in [9.17, 15) is 0 Å². The summed E-state index contributed by atoms with van der Waals surface area (Å²) in [4.78, 5) is 8.83. The molecule has 0 spiro atoms. The van der Waals surface area contributed by atoms with E-state index in [1.165, 1.54) is 0 Å². The Hall–Kier alpha value is -1.89. The van der Waals surface area contributed by atoms with Gasteiger partial charge in [-0.15, -0.1) is 0 Å². The molecule has 1 aliphatic rings. The van der Waals surface area contributed by atoms with E-state index in [1.807, 2.05) is 18.2 Å². The quantitative estimate of drug-likeness (QED) is 0.638. The Bertz CT molecular complexity index is 366. The smallest absolute Gasteiger partial charge is 0.218 e. The molecule has 0 amide bonds. The lowest BCUT2D eigenvalue weighted by Gasteiger charge is -1.95. The summed E-state index contributed by atoms with van der Waals surface area (Å²) >= 11 is 0. The van der Waals surface area contributed by atoms with Crippen LogP contribution in [-0.2, 0) is 4.84 Å². The molecule has 13 heavy (non-hydrogen) atoms. The average Bonchev–Trinajstić information content (AvgIpc) is 2.67. The molecule has 1 atom stereocenters. The van der Waals surface area contributed by atoms with Crippen LogP contribution in [0, 0.1) is 11.3 Å². The van der Waals surface area contributed by atoms with Crippen LogP contribution >= 0.6 is 0 Å². The van der Waals surface area contributed by atoms with Gasteiger partial charge >= 0.3 is 0 Å². The van der Waals surface area contributed by atoms with Gasteiger partial charge in [-0.2, -0.15) is 5.26 Å². The first-order valence-corrected chi connectivity index (χ1v) is 3.93. The molecule has 0 N–H and O–H groups in total. The molecule has 0 aliphatic carbocycles. The maximum absolute atomic E-state index is 8.57. The molecule has 2 heterocycles. The lowest BCUT2D eigenvalue weighted by Crippen LogP contribution is -2.05. The second-order valence-corrected chi connectivity index (χ2v) is 2.71. The van der Waals surface area contributed by atoms with Crippen LogP contribution in [0.5, 0.6) is 0 Å². The van der Waals surface area contributed by atoms with Gasteiger partial charge in [0.1, 0.15) is 6.07 Å². The third kappa shape index (κ3) is 1.49. The number of nitriles is 1. The maximum atomic E-state index is 8.57. The predicted octanol–water partition coefficient (Wildman–Crippen LogP) is 1.10. The third-order valence-corrected chi connectivity index (χ3v) is 1.81. The molecule has 0 aromatic carbocycles. The molecular formula is C9H7N3O. The van der Waals surface area contributed by atoms with Crippen molar-refractivity contribution in [3.8, 4) is 6.07 Å². The molecule has 0 saturated carbocycles. The highest BCUT2D eigenvalue weighted by Gasteiger charge is 2.21. The minimum absolute atomic E-state index is 0.435. The zero-order valence-electron chi connectivity index (χ0n) is 6.84. The van der Waals surface area contributed by atoms with Crippen molar-refractivity contribution < 1.29 is 4.84 Å². The fourth-order valence-corrected chi connectivity index (χ4v) is 1.15. The highest BCUT2D eigenvalue weighted by Crippen LogP contribution is 2.14. The maximum Gasteiger partial charge on any atom is 0.218 e.